The van der Waals surface area contributed by atoms with E-state index in [1.165, 1.54) is 0 Å². The van der Waals surface area contributed by atoms with E-state index in [4.69, 9.17) is 5.73 Å². The van der Waals surface area contributed by atoms with Gasteiger partial charge in [0.2, 0.25) is 0 Å². The minimum Gasteiger partial charge on any atom is -0.480 e. The molecule has 3 rings (SSSR count). The van der Waals surface area contributed by atoms with Crippen molar-refractivity contribution < 1.29 is 15.0 Å². The van der Waals surface area contributed by atoms with E-state index in [2.05, 4.69) is 9.88 Å². The molecule has 4 N–H and O–H groups in total. The Morgan fingerprint density at radius 1 is 1.27 bits per heavy atom. The standard InChI is InChI=1S/C15H22N4O3/c16-11-5-6-13(18-7-1-3-10(18)9-20)17-14(11)19-8-2-4-12(19)15(21)22/h5-6,10,12,20H,1-4,7-9,16H2,(H,21,22). The molecule has 0 saturated carbocycles. The predicted molar refractivity (Wildman–Crippen MR) is 84.1 cm³/mol. The van der Waals surface area contributed by atoms with E-state index in [-0.39, 0.29) is 12.6 Å². The number of carbonyl (C=O) groups is 1. The number of aliphatic hydroxyl groups excluding tert-OH is 1. The molecule has 0 aromatic carbocycles. The lowest BCUT2D eigenvalue weighted by Gasteiger charge is -2.28. The SMILES string of the molecule is Nc1ccc(N2CCCC2CO)nc1N1CCCC1C(=O)O. The number of hydrogen-bond acceptors (Lipinski definition) is 6. The molecule has 2 saturated heterocycles. The molecule has 3 heterocycles. The lowest BCUT2D eigenvalue weighted by Crippen LogP contribution is -2.38. The summed E-state index contributed by atoms with van der Waals surface area (Å²) in [5, 5.41) is 18.8. The van der Waals surface area contributed by atoms with Crippen LogP contribution in [0.2, 0.25) is 0 Å². The van der Waals surface area contributed by atoms with E-state index < -0.39 is 12.0 Å². The first kappa shape index (κ1) is 14.9. The molecule has 0 aliphatic carbocycles. The third kappa shape index (κ3) is 2.56. The highest BCUT2D eigenvalue weighted by molar-refractivity contribution is 5.81. The van der Waals surface area contributed by atoms with Gasteiger partial charge in [-0.3, -0.25) is 0 Å². The molecule has 7 heteroatoms. The first-order chi connectivity index (χ1) is 10.6. The number of anilines is 3. The molecular formula is C15H22N4O3. The number of aliphatic carboxylic acids is 1. The van der Waals surface area contributed by atoms with Gasteiger partial charge in [0.1, 0.15) is 11.9 Å². The van der Waals surface area contributed by atoms with Crippen LogP contribution in [-0.4, -0.2) is 52.9 Å². The molecular weight excluding hydrogens is 284 g/mol. The molecule has 22 heavy (non-hydrogen) atoms. The quantitative estimate of drug-likeness (QED) is 0.751. The molecule has 2 unspecified atom stereocenters. The molecule has 0 bridgehead atoms. The number of nitrogen functional groups attached to an aromatic ring is 1. The Hall–Kier alpha value is -2.02. The molecule has 2 aliphatic heterocycles. The maximum Gasteiger partial charge on any atom is 0.326 e. The van der Waals surface area contributed by atoms with Gasteiger partial charge >= 0.3 is 5.97 Å². The Balaban J connectivity index is 1.91. The van der Waals surface area contributed by atoms with Gasteiger partial charge in [0.25, 0.3) is 0 Å². The summed E-state index contributed by atoms with van der Waals surface area (Å²) in [7, 11) is 0. The normalized spacial score (nSPS) is 25.0. The minimum atomic E-state index is -0.835. The Labute approximate surface area is 129 Å². The van der Waals surface area contributed by atoms with Crippen molar-refractivity contribution in [2.24, 2.45) is 0 Å². The van der Waals surface area contributed by atoms with Gasteiger partial charge in [-0.1, -0.05) is 0 Å². The second-order valence-electron chi connectivity index (χ2n) is 5.94. The summed E-state index contributed by atoms with van der Waals surface area (Å²) in [6, 6.07) is 3.15. The molecule has 0 spiro atoms. The fourth-order valence-electron chi connectivity index (χ4n) is 3.44. The molecule has 0 amide bonds. The van der Waals surface area contributed by atoms with Crippen molar-refractivity contribution in [1.29, 1.82) is 0 Å². The highest BCUT2D eigenvalue weighted by Crippen LogP contribution is 2.32. The summed E-state index contributed by atoms with van der Waals surface area (Å²) in [6.07, 6.45) is 3.41. The van der Waals surface area contributed by atoms with Crippen molar-refractivity contribution in [3.63, 3.8) is 0 Å². The summed E-state index contributed by atoms with van der Waals surface area (Å²) in [5.41, 5.74) is 6.53. The van der Waals surface area contributed by atoms with Crippen molar-refractivity contribution >= 4 is 23.3 Å². The van der Waals surface area contributed by atoms with Gasteiger partial charge < -0.3 is 25.7 Å². The minimum absolute atomic E-state index is 0.0813. The van der Waals surface area contributed by atoms with Crippen LogP contribution in [0.5, 0.6) is 0 Å². The van der Waals surface area contributed by atoms with Crippen molar-refractivity contribution in [2.45, 2.75) is 37.8 Å². The fraction of sp³-hybridized carbons (Fsp3) is 0.600. The summed E-state index contributed by atoms with van der Waals surface area (Å²) in [5.74, 6) is 0.473. The lowest BCUT2D eigenvalue weighted by atomic mass is 10.2. The van der Waals surface area contributed by atoms with Crippen LogP contribution in [0.1, 0.15) is 25.7 Å². The van der Waals surface area contributed by atoms with Gasteiger partial charge in [-0.2, -0.15) is 0 Å². The maximum atomic E-state index is 11.4. The lowest BCUT2D eigenvalue weighted by molar-refractivity contribution is -0.138. The van der Waals surface area contributed by atoms with Gasteiger partial charge in [0, 0.05) is 13.1 Å². The van der Waals surface area contributed by atoms with Crippen LogP contribution >= 0.6 is 0 Å². The smallest absolute Gasteiger partial charge is 0.326 e. The number of carboxylic acid groups (broad SMARTS) is 1. The molecule has 1 aromatic heterocycles. The third-order valence-electron chi connectivity index (χ3n) is 4.58. The summed E-state index contributed by atoms with van der Waals surface area (Å²) < 4.78 is 0. The molecule has 2 aliphatic rings. The average molecular weight is 306 g/mol. The van der Waals surface area contributed by atoms with Crippen molar-refractivity contribution in [2.75, 3.05) is 35.2 Å². The molecule has 120 valence electrons. The molecule has 7 nitrogen and oxygen atoms in total. The van der Waals surface area contributed by atoms with Crippen LogP contribution in [0.15, 0.2) is 12.1 Å². The molecule has 2 fully saturated rings. The van der Waals surface area contributed by atoms with Gasteiger partial charge in [-0.05, 0) is 37.8 Å². The Morgan fingerprint density at radius 2 is 2.00 bits per heavy atom. The van der Waals surface area contributed by atoms with E-state index >= 15 is 0 Å². The van der Waals surface area contributed by atoms with Gasteiger partial charge in [-0.15, -0.1) is 0 Å². The number of aromatic nitrogens is 1. The number of carboxylic acids is 1. The molecule has 0 radical (unpaired) electrons. The van der Waals surface area contributed by atoms with E-state index in [0.29, 0.717) is 24.5 Å². The van der Waals surface area contributed by atoms with Crippen molar-refractivity contribution in [3.05, 3.63) is 12.1 Å². The van der Waals surface area contributed by atoms with Crippen LogP contribution in [0, 0.1) is 0 Å². The van der Waals surface area contributed by atoms with Crippen LogP contribution in [-0.2, 0) is 4.79 Å². The molecule has 2 atom stereocenters. The number of hydrogen-bond donors (Lipinski definition) is 3. The first-order valence-electron chi connectivity index (χ1n) is 7.75. The van der Waals surface area contributed by atoms with Crippen LogP contribution < -0.4 is 15.5 Å². The zero-order valence-electron chi connectivity index (χ0n) is 12.5. The zero-order valence-corrected chi connectivity index (χ0v) is 12.5. The summed E-state index contributed by atoms with van der Waals surface area (Å²) in [6.45, 7) is 1.61. The van der Waals surface area contributed by atoms with Gasteiger partial charge in [0.05, 0.1) is 18.3 Å². The Bertz CT molecular complexity index is 566. The van der Waals surface area contributed by atoms with E-state index in [9.17, 15) is 15.0 Å². The molecule has 1 aromatic rings. The van der Waals surface area contributed by atoms with E-state index in [1.807, 2.05) is 6.07 Å². The maximum absolute atomic E-state index is 11.4. The topological polar surface area (TPSA) is 103 Å². The number of rotatable bonds is 4. The summed E-state index contributed by atoms with van der Waals surface area (Å²) in [4.78, 5) is 19.9. The highest BCUT2D eigenvalue weighted by atomic mass is 16.4. The summed E-state index contributed by atoms with van der Waals surface area (Å²) >= 11 is 0. The number of nitrogens with zero attached hydrogens (tertiary/aromatic N) is 3. The first-order valence-corrected chi connectivity index (χ1v) is 7.75. The van der Waals surface area contributed by atoms with E-state index in [0.717, 1.165) is 31.6 Å². The van der Waals surface area contributed by atoms with Crippen LogP contribution in [0.3, 0.4) is 0 Å². The highest BCUT2D eigenvalue weighted by Gasteiger charge is 2.33. The Morgan fingerprint density at radius 3 is 2.73 bits per heavy atom. The predicted octanol–water partition coefficient (Wildman–Crippen LogP) is 0.678. The second-order valence-corrected chi connectivity index (χ2v) is 5.94. The van der Waals surface area contributed by atoms with Gasteiger partial charge in [-0.25, -0.2) is 9.78 Å². The zero-order chi connectivity index (χ0) is 15.7. The number of nitrogens with two attached hydrogens (primary N) is 1. The third-order valence-corrected chi connectivity index (χ3v) is 4.58. The second kappa shape index (κ2) is 6.00. The van der Waals surface area contributed by atoms with E-state index in [1.54, 1.807) is 11.0 Å². The van der Waals surface area contributed by atoms with Gasteiger partial charge in [0.15, 0.2) is 5.82 Å². The van der Waals surface area contributed by atoms with Crippen LogP contribution in [0.25, 0.3) is 0 Å². The average Bonchev–Trinajstić information content (AvgIpc) is 3.16. The number of pyridine rings is 1. The number of aliphatic hydroxyl groups is 1. The van der Waals surface area contributed by atoms with Crippen molar-refractivity contribution in [1.82, 2.24) is 4.98 Å². The fourth-order valence-corrected chi connectivity index (χ4v) is 3.44. The monoisotopic (exact) mass is 306 g/mol. The largest absolute Gasteiger partial charge is 0.480 e. The Kier molecular flexibility index (Phi) is 4.06. The van der Waals surface area contributed by atoms with Crippen molar-refractivity contribution in [3.8, 4) is 0 Å². The van der Waals surface area contributed by atoms with Crippen LogP contribution in [0.4, 0.5) is 17.3 Å².